The SMILES string of the molecule is CN(C)c1ccc(-c2cc3nccnc3[nH]2)cc1C=CC(=O)O. The van der Waals surface area contributed by atoms with E-state index in [1.807, 2.05) is 43.3 Å². The minimum absolute atomic E-state index is 0.724. The van der Waals surface area contributed by atoms with Gasteiger partial charge in [0, 0.05) is 43.9 Å². The Labute approximate surface area is 133 Å². The third-order valence-electron chi connectivity index (χ3n) is 3.49. The fourth-order valence-electron chi connectivity index (χ4n) is 2.43. The minimum Gasteiger partial charge on any atom is -0.478 e. The zero-order valence-corrected chi connectivity index (χ0v) is 12.8. The molecule has 0 radical (unpaired) electrons. The lowest BCUT2D eigenvalue weighted by Gasteiger charge is -2.16. The second-order valence-electron chi connectivity index (χ2n) is 5.31. The van der Waals surface area contributed by atoms with Crippen LogP contribution in [0.1, 0.15) is 5.56 Å². The first-order chi connectivity index (χ1) is 11.0. The number of aromatic nitrogens is 3. The number of aromatic amines is 1. The molecule has 0 amide bonds. The molecule has 6 heteroatoms. The van der Waals surface area contributed by atoms with Crippen molar-refractivity contribution < 1.29 is 9.90 Å². The molecule has 0 aliphatic rings. The Balaban J connectivity index is 2.09. The fourth-order valence-corrected chi connectivity index (χ4v) is 2.43. The summed E-state index contributed by atoms with van der Waals surface area (Å²) in [6, 6.07) is 7.82. The first kappa shape index (κ1) is 14.8. The molecule has 3 aromatic rings. The molecule has 0 bridgehead atoms. The minimum atomic E-state index is -0.973. The van der Waals surface area contributed by atoms with Gasteiger partial charge in [-0.15, -0.1) is 0 Å². The number of rotatable bonds is 4. The molecule has 0 aliphatic carbocycles. The van der Waals surface area contributed by atoms with Crippen LogP contribution in [0.3, 0.4) is 0 Å². The number of nitrogens with zero attached hydrogens (tertiary/aromatic N) is 3. The number of hydrogen-bond donors (Lipinski definition) is 2. The Morgan fingerprint density at radius 2 is 2.00 bits per heavy atom. The van der Waals surface area contributed by atoms with Crippen molar-refractivity contribution in [1.82, 2.24) is 15.0 Å². The number of hydrogen-bond acceptors (Lipinski definition) is 4. The van der Waals surface area contributed by atoms with Gasteiger partial charge in [0.15, 0.2) is 5.65 Å². The number of carboxylic acids is 1. The van der Waals surface area contributed by atoms with Crippen molar-refractivity contribution in [1.29, 1.82) is 0 Å². The van der Waals surface area contributed by atoms with Crippen LogP contribution in [0.2, 0.25) is 0 Å². The van der Waals surface area contributed by atoms with Crippen molar-refractivity contribution in [3.8, 4) is 11.3 Å². The standard InChI is InChI=1S/C17H16N4O2/c1-21(2)15-5-3-11(9-12(15)4-6-16(22)23)13-10-14-17(20-13)19-8-7-18-14/h3-10H,1-2H3,(H,19,20)(H,22,23). The molecule has 6 nitrogen and oxygen atoms in total. The van der Waals surface area contributed by atoms with Crippen LogP contribution in [-0.2, 0) is 4.79 Å². The molecule has 2 aromatic heterocycles. The highest BCUT2D eigenvalue weighted by Crippen LogP contribution is 2.28. The van der Waals surface area contributed by atoms with Gasteiger partial charge in [-0.2, -0.15) is 0 Å². The molecular formula is C17H16N4O2. The largest absolute Gasteiger partial charge is 0.478 e. The maximum absolute atomic E-state index is 10.8. The Morgan fingerprint density at radius 1 is 1.22 bits per heavy atom. The maximum Gasteiger partial charge on any atom is 0.328 e. The summed E-state index contributed by atoms with van der Waals surface area (Å²) in [7, 11) is 3.84. The van der Waals surface area contributed by atoms with Crippen LogP contribution in [0, 0.1) is 0 Å². The fraction of sp³-hybridized carbons (Fsp3) is 0.118. The van der Waals surface area contributed by atoms with Gasteiger partial charge in [0.05, 0.1) is 0 Å². The number of H-pyrrole nitrogens is 1. The van der Waals surface area contributed by atoms with Gasteiger partial charge in [0.25, 0.3) is 0 Å². The quantitative estimate of drug-likeness (QED) is 0.724. The van der Waals surface area contributed by atoms with E-state index in [0.717, 1.165) is 39.7 Å². The summed E-state index contributed by atoms with van der Waals surface area (Å²) in [5.41, 5.74) is 5.12. The van der Waals surface area contributed by atoms with E-state index in [9.17, 15) is 4.79 Å². The molecule has 116 valence electrons. The molecule has 0 saturated heterocycles. The van der Waals surface area contributed by atoms with Gasteiger partial charge in [0.2, 0.25) is 0 Å². The number of carboxylic acid groups (broad SMARTS) is 1. The van der Waals surface area contributed by atoms with Crippen molar-refractivity contribution in [2.45, 2.75) is 0 Å². The lowest BCUT2D eigenvalue weighted by atomic mass is 10.0. The van der Waals surface area contributed by atoms with Gasteiger partial charge in [0.1, 0.15) is 5.52 Å². The van der Waals surface area contributed by atoms with Crippen molar-refractivity contribution in [2.75, 3.05) is 19.0 Å². The highest BCUT2D eigenvalue weighted by Gasteiger charge is 2.09. The number of carbonyl (C=O) groups is 1. The number of aliphatic carboxylic acids is 1. The van der Waals surface area contributed by atoms with Crippen LogP contribution in [-0.4, -0.2) is 40.1 Å². The zero-order chi connectivity index (χ0) is 16.4. The number of benzene rings is 1. The smallest absolute Gasteiger partial charge is 0.328 e. The van der Waals surface area contributed by atoms with E-state index < -0.39 is 5.97 Å². The van der Waals surface area contributed by atoms with Crippen molar-refractivity contribution in [3.05, 3.63) is 48.3 Å². The third-order valence-corrected chi connectivity index (χ3v) is 3.49. The van der Waals surface area contributed by atoms with Crippen LogP contribution >= 0.6 is 0 Å². The van der Waals surface area contributed by atoms with E-state index in [-0.39, 0.29) is 0 Å². The van der Waals surface area contributed by atoms with E-state index >= 15 is 0 Å². The van der Waals surface area contributed by atoms with Gasteiger partial charge in [-0.25, -0.2) is 9.78 Å². The first-order valence-electron chi connectivity index (χ1n) is 7.07. The highest BCUT2D eigenvalue weighted by atomic mass is 16.4. The molecular weight excluding hydrogens is 292 g/mol. The summed E-state index contributed by atoms with van der Waals surface area (Å²) < 4.78 is 0. The maximum atomic E-state index is 10.8. The normalized spacial score (nSPS) is 11.2. The predicted octanol–water partition coefficient (Wildman–Crippen LogP) is 2.79. The number of anilines is 1. The molecule has 0 saturated carbocycles. The second kappa shape index (κ2) is 5.92. The summed E-state index contributed by atoms with van der Waals surface area (Å²) in [5, 5.41) is 8.86. The third kappa shape index (κ3) is 3.06. The molecule has 0 unspecified atom stereocenters. The first-order valence-corrected chi connectivity index (χ1v) is 7.07. The summed E-state index contributed by atoms with van der Waals surface area (Å²) >= 11 is 0. The van der Waals surface area contributed by atoms with Gasteiger partial charge >= 0.3 is 5.97 Å². The van der Waals surface area contributed by atoms with E-state index in [0.29, 0.717) is 0 Å². The van der Waals surface area contributed by atoms with E-state index in [1.165, 1.54) is 0 Å². The van der Waals surface area contributed by atoms with Crippen LogP contribution in [0.5, 0.6) is 0 Å². The number of fused-ring (bicyclic) bond motifs is 1. The Bertz CT molecular complexity index is 863. The average molecular weight is 308 g/mol. The van der Waals surface area contributed by atoms with Gasteiger partial charge in [-0.05, 0) is 35.4 Å². The van der Waals surface area contributed by atoms with Crippen LogP contribution < -0.4 is 4.90 Å². The van der Waals surface area contributed by atoms with Crippen molar-refractivity contribution >= 4 is 28.9 Å². The summed E-state index contributed by atoms with van der Waals surface area (Å²) in [5.74, 6) is -0.973. The molecule has 2 heterocycles. The molecule has 0 fully saturated rings. The average Bonchev–Trinajstić information content (AvgIpc) is 2.96. The summed E-state index contributed by atoms with van der Waals surface area (Å²) in [4.78, 5) is 24.5. The van der Waals surface area contributed by atoms with E-state index in [1.54, 1.807) is 18.5 Å². The Kier molecular flexibility index (Phi) is 3.80. The molecule has 0 spiro atoms. The van der Waals surface area contributed by atoms with Crippen LogP contribution in [0.15, 0.2) is 42.7 Å². The summed E-state index contributed by atoms with van der Waals surface area (Å²) in [6.45, 7) is 0. The summed E-state index contributed by atoms with van der Waals surface area (Å²) in [6.07, 6.45) is 6.02. The second-order valence-corrected chi connectivity index (χ2v) is 5.31. The predicted molar refractivity (Wildman–Crippen MR) is 90.3 cm³/mol. The van der Waals surface area contributed by atoms with E-state index in [4.69, 9.17) is 5.11 Å². The molecule has 0 aliphatic heterocycles. The van der Waals surface area contributed by atoms with Crippen LogP contribution in [0.4, 0.5) is 5.69 Å². The molecule has 0 atom stereocenters. The highest BCUT2D eigenvalue weighted by molar-refractivity contribution is 5.88. The van der Waals surface area contributed by atoms with Crippen LogP contribution in [0.25, 0.3) is 28.5 Å². The lowest BCUT2D eigenvalue weighted by molar-refractivity contribution is -0.131. The van der Waals surface area contributed by atoms with Crippen molar-refractivity contribution in [3.63, 3.8) is 0 Å². The van der Waals surface area contributed by atoms with Gasteiger partial charge < -0.3 is 15.0 Å². The molecule has 3 rings (SSSR count). The zero-order valence-electron chi connectivity index (χ0n) is 12.8. The van der Waals surface area contributed by atoms with Gasteiger partial charge in [-0.3, -0.25) is 4.98 Å². The van der Waals surface area contributed by atoms with Gasteiger partial charge in [-0.1, -0.05) is 6.07 Å². The molecule has 23 heavy (non-hydrogen) atoms. The molecule has 2 N–H and O–H groups in total. The topological polar surface area (TPSA) is 82.1 Å². The van der Waals surface area contributed by atoms with Crippen molar-refractivity contribution in [2.24, 2.45) is 0 Å². The van der Waals surface area contributed by atoms with E-state index in [2.05, 4.69) is 15.0 Å². The molecule has 1 aromatic carbocycles. The monoisotopic (exact) mass is 308 g/mol. The number of nitrogens with one attached hydrogen (secondary N) is 1. The Hall–Kier alpha value is -3.15. The lowest BCUT2D eigenvalue weighted by Crippen LogP contribution is -2.10. The Morgan fingerprint density at radius 3 is 2.70 bits per heavy atom.